The van der Waals surface area contributed by atoms with Gasteiger partial charge in [0, 0.05) is 64.9 Å². The van der Waals surface area contributed by atoms with Gasteiger partial charge in [-0.15, -0.1) is 11.3 Å². The van der Waals surface area contributed by atoms with E-state index in [4.69, 9.17) is 4.42 Å². The maximum Gasteiger partial charge on any atom is 0.264 e. The number of benzene rings is 7. The van der Waals surface area contributed by atoms with Gasteiger partial charge in [0.1, 0.15) is 11.2 Å². The fourth-order valence-corrected chi connectivity index (χ4v) is 12.7. The second-order valence-electron chi connectivity index (χ2n) is 22.2. The third kappa shape index (κ3) is 6.48. The fourth-order valence-electron chi connectivity index (χ4n) is 11.2. The molecular formula is C63H58BN3OS. The van der Waals surface area contributed by atoms with Gasteiger partial charge < -0.3 is 18.8 Å². The summed E-state index contributed by atoms with van der Waals surface area (Å²) in [5.74, 6) is 0. The molecule has 0 amide bonds. The molecule has 7 aromatic carbocycles. The Morgan fingerprint density at radius 1 is 0.580 bits per heavy atom. The Morgan fingerprint density at radius 3 is 1.83 bits per heavy atom. The zero-order valence-electron chi connectivity index (χ0n) is 41.5. The molecule has 3 aromatic heterocycles. The summed E-state index contributed by atoms with van der Waals surface area (Å²) in [4.78, 5) is 5.21. The van der Waals surface area contributed by atoms with Gasteiger partial charge in [0.2, 0.25) is 0 Å². The fraction of sp³-hybridized carbons (Fsp3) is 0.206. The summed E-state index contributed by atoms with van der Waals surface area (Å²) < 4.78 is 11.7. The summed E-state index contributed by atoms with van der Waals surface area (Å²) in [6.07, 6.45) is 8.40. The summed E-state index contributed by atoms with van der Waals surface area (Å²) >= 11 is 1.95. The first-order valence-electron chi connectivity index (χ1n) is 24.4. The molecular weight excluding hydrogens is 858 g/mol. The summed E-state index contributed by atoms with van der Waals surface area (Å²) in [6, 6.07) is 50.6. The Bertz CT molecular complexity index is 3820. The number of nitrogens with zero attached hydrogens (tertiary/aromatic N) is 3. The van der Waals surface area contributed by atoms with Crippen LogP contribution in [0.15, 0.2) is 169 Å². The summed E-state index contributed by atoms with van der Waals surface area (Å²) in [6.45, 7) is 27.2. The predicted octanol–water partition coefficient (Wildman–Crippen LogP) is 16.5. The van der Waals surface area contributed by atoms with Gasteiger partial charge in [-0.2, -0.15) is 0 Å². The Kier molecular flexibility index (Phi) is 9.56. The van der Waals surface area contributed by atoms with Gasteiger partial charge in [0.15, 0.2) is 0 Å². The van der Waals surface area contributed by atoms with Gasteiger partial charge in [-0.25, -0.2) is 0 Å². The van der Waals surface area contributed by atoms with Crippen LogP contribution in [0.5, 0.6) is 0 Å². The third-order valence-corrected chi connectivity index (χ3v) is 16.0. The van der Waals surface area contributed by atoms with E-state index in [-0.39, 0.29) is 23.0 Å². The highest BCUT2D eigenvalue weighted by molar-refractivity contribution is 7.34. The molecule has 0 atom stereocenters. The second kappa shape index (κ2) is 15.2. The number of rotatable bonds is 5. The Balaban J connectivity index is 1.31. The van der Waals surface area contributed by atoms with Crippen LogP contribution in [-0.2, 0) is 16.2 Å². The van der Waals surface area contributed by atoms with Crippen LogP contribution in [-0.4, -0.2) is 11.3 Å². The van der Waals surface area contributed by atoms with E-state index in [2.05, 4.69) is 242 Å². The number of hydrogen-bond donors (Lipinski definition) is 0. The lowest BCUT2D eigenvalue weighted by Gasteiger charge is -2.44. The third-order valence-electron chi connectivity index (χ3n) is 14.7. The van der Waals surface area contributed by atoms with Gasteiger partial charge in [-0.3, -0.25) is 0 Å². The molecule has 4 nitrogen and oxygen atoms in total. The molecule has 0 unspecified atom stereocenters. The molecule has 2 aliphatic heterocycles. The van der Waals surface area contributed by atoms with Gasteiger partial charge in [-0.1, -0.05) is 154 Å². The van der Waals surface area contributed by atoms with E-state index < -0.39 is 0 Å². The quantitative estimate of drug-likeness (QED) is 0.127. The molecule has 69 heavy (non-hydrogen) atoms. The van der Waals surface area contributed by atoms with E-state index >= 15 is 0 Å². The molecule has 0 saturated carbocycles. The topological polar surface area (TPSA) is 24.6 Å². The summed E-state index contributed by atoms with van der Waals surface area (Å²) in [7, 11) is 0. The SMILES string of the molecule is C=C/C(=C\C=C/C)n1c2ccccc2c2c3c4c(cc21)N(c1ccc(C(C)(C)C)cc1)c1c(sc2c1ccc1oc5ccccc5c12)B4c1cc(C(C)(C)C)ccc1N3c1ccc(C(C)(C)C)cc1. The molecule has 0 fully saturated rings. The van der Waals surface area contributed by atoms with E-state index in [0.29, 0.717) is 0 Å². The first-order valence-corrected chi connectivity index (χ1v) is 25.3. The van der Waals surface area contributed by atoms with Gasteiger partial charge in [0.05, 0.1) is 22.4 Å². The molecule has 0 radical (unpaired) electrons. The Hall–Kier alpha value is -7.02. The molecule has 0 aliphatic carbocycles. The van der Waals surface area contributed by atoms with Crippen molar-refractivity contribution >= 4 is 127 Å². The monoisotopic (exact) mass is 915 g/mol. The number of allylic oxidation sites excluding steroid dienone is 5. The van der Waals surface area contributed by atoms with Crippen LogP contribution in [0.4, 0.5) is 34.1 Å². The molecule has 6 heteroatoms. The van der Waals surface area contributed by atoms with Crippen LogP contribution in [0.2, 0.25) is 0 Å². The molecule has 2 aliphatic rings. The zero-order chi connectivity index (χ0) is 47.9. The molecule has 0 N–H and O–H groups in total. The molecule has 340 valence electrons. The smallest absolute Gasteiger partial charge is 0.264 e. The maximum atomic E-state index is 6.62. The number of thiophene rings is 1. The molecule has 0 bridgehead atoms. The van der Waals surface area contributed by atoms with Crippen LogP contribution in [0.3, 0.4) is 0 Å². The standard InChI is InChI=1S/C63H58BN3OS/c1-12-14-19-41(13-2)65-48-22-17-15-20-44(48)54-50(65)37-51-56-58(54)66(42-29-24-38(25-30-42)61(3,4)5)49-34-28-40(63(9,10)11)36-47(49)64(56)60-57(67(51)43-31-26-39(27-32-43)62(6,7)8)46-33-35-53-55(59(46)69-60)45-21-16-18-23-52(45)68-53/h12-37H,2H2,1,3-11H3/b14-12-,41-19+. The maximum absolute atomic E-state index is 6.62. The highest BCUT2D eigenvalue weighted by Gasteiger charge is 2.47. The van der Waals surface area contributed by atoms with Crippen molar-refractivity contribution in [3.8, 4) is 0 Å². The van der Waals surface area contributed by atoms with E-state index in [1.807, 2.05) is 17.4 Å². The van der Waals surface area contributed by atoms with Crippen LogP contribution >= 0.6 is 11.3 Å². The first kappa shape index (κ1) is 43.3. The molecule has 10 aromatic rings. The van der Waals surface area contributed by atoms with Gasteiger partial charge >= 0.3 is 0 Å². The number of hydrogen-bond acceptors (Lipinski definition) is 4. The predicted molar refractivity (Wildman–Crippen MR) is 302 cm³/mol. The van der Waals surface area contributed by atoms with Crippen molar-refractivity contribution in [3.63, 3.8) is 0 Å². The minimum absolute atomic E-state index is 0.00338. The minimum atomic E-state index is -0.0768. The van der Waals surface area contributed by atoms with E-state index in [1.54, 1.807) is 0 Å². The van der Waals surface area contributed by atoms with E-state index in [1.165, 1.54) is 81.4 Å². The van der Waals surface area contributed by atoms with Crippen molar-refractivity contribution in [2.24, 2.45) is 0 Å². The number of anilines is 6. The summed E-state index contributed by atoms with van der Waals surface area (Å²) in [5, 5.41) is 6.00. The van der Waals surface area contributed by atoms with Crippen LogP contribution in [0.25, 0.3) is 59.5 Å². The lowest BCUT2D eigenvalue weighted by Crippen LogP contribution is -2.60. The molecule has 12 rings (SSSR count). The number of para-hydroxylation sites is 2. The van der Waals surface area contributed by atoms with Crippen molar-refractivity contribution in [2.75, 3.05) is 9.80 Å². The Labute approximate surface area is 410 Å². The second-order valence-corrected chi connectivity index (χ2v) is 23.2. The van der Waals surface area contributed by atoms with Gasteiger partial charge in [-0.05, 0) is 124 Å². The number of furan rings is 1. The van der Waals surface area contributed by atoms with Crippen LogP contribution in [0.1, 0.15) is 85.9 Å². The van der Waals surface area contributed by atoms with Crippen molar-refractivity contribution in [1.82, 2.24) is 4.57 Å². The van der Waals surface area contributed by atoms with Crippen molar-refractivity contribution in [3.05, 3.63) is 181 Å². The molecule has 5 heterocycles. The largest absolute Gasteiger partial charge is 0.456 e. The summed E-state index contributed by atoms with van der Waals surface area (Å²) in [5.41, 5.74) is 18.7. The van der Waals surface area contributed by atoms with E-state index in [9.17, 15) is 0 Å². The first-order chi connectivity index (χ1) is 33.1. The van der Waals surface area contributed by atoms with Crippen molar-refractivity contribution in [2.45, 2.75) is 85.5 Å². The zero-order valence-corrected chi connectivity index (χ0v) is 42.3. The van der Waals surface area contributed by atoms with E-state index in [0.717, 1.165) is 44.7 Å². The lowest BCUT2D eigenvalue weighted by molar-refractivity contribution is 0.590. The number of aromatic nitrogens is 1. The highest BCUT2D eigenvalue weighted by atomic mass is 32.1. The lowest BCUT2D eigenvalue weighted by atomic mass is 9.36. The van der Waals surface area contributed by atoms with Crippen molar-refractivity contribution in [1.29, 1.82) is 0 Å². The average molecular weight is 916 g/mol. The minimum Gasteiger partial charge on any atom is -0.456 e. The van der Waals surface area contributed by atoms with Crippen LogP contribution < -0.4 is 25.5 Å². The molecule has 0 spiro atoms. The Morgan fingerprint density at radius 2 is 1.19 bits per heavy atom. The average Bonchev–Trinajstić information content (AvgIpc) is 4.01. The highest BCUT2D eigenvalue weighted by Crippen LogP contribution is 2.53. The molecule has 0 saturated heterocycles. The normalized spacial score (nSPS) is 14.2. The van der Waals surface area contributed by atoms with Crippen molar-refractivity contribution < 1.29 is 4.42 Å². The van der Waals surface area contributed by atoms with Crippen LogP contribution in [0, 0.1) is 0 Å². The van der Waals surface area contributed by atoms with Gasteiger partial charge in [0.25, 0.3) is 6.71 Å². The number of fused-ring (bicyclic) bond motifs is 14.